The van der Waals surface area contributed by atoms with Crippen LogP contribution in [0.4, 0.5) is 0 Å². The Hall–Kier alpha value is -0.360. The van der Waals surface area contributed by atoms with Gasteiger partial charge in [-0.2, -0.15) is 0 Å². The summed E-state index contributed by atoms with van der Waals surface area (Å²) in [4.78, 5) is 11.1. The molecule has 0 spiro atoms. The number of halogens is 1. The number of hydrogen-bond donors (Lipinski definition) is 2. The number of carbonyl (C=O) groups excluding carboxylic acids is 1. The molecule has 0 radical (unpaired) electrons. The fourth-order valence-corrected chi connectivity index (χ4v) is 1.19. The van der Waals surface area contributed by atoms with Gasteiger partial charge in [-0.1, -0.05) is 34.7 Å². The van der Waals surface area contributed by atoms with Gasteiger partial charge in [0.25, 0.3) is 0 Å². The minimum absolute atomic E-state index is 0.504. The molecule has 80 valence electrons. The van der Waals surface area contributed by atoms with Crippen LogP contribution < -0.4 is 5.73 Å². The highest BCUT2D eigenvalue weighted by Gasteiger charge is 2.34. The molecule has 1 unspecified atom stereocenters. The highest BCUT2D eigenvalue weighted by molar-refractivity contribution is 14.1. The number of nitrogens with two attached hydrogens (primary N) is 1. The van der Waals surface area contributed by atoms with E-state index in [1.807, 2.05) is 4.08 Å². The number of primary amides is 1. The molecule has 4 heteroatoms. The van der Waals surface area contributed by atoms with Gasteiger partial charge in [0.05, 0.1) is 11.5 Å². The Morgan fingerprint density at radius 3 is 2.43 bits per heavy atom. The third-order valence-electron chi connectivity index (χ3n) is 2.18. The summed E-state index contributed by atoms with van der Waals surface area (Å²) in [6.45, 7) is 5.03. The van der Waals surface area contributed by atoms with E-state index < -0.39 is 17.4 Å². The molecule has 0 rings (SSSR count). The van der Waals surface area contributed by atoms with Crippen molar-refractivity contribution in [3.63, 3.8) is 0 Å². The van der Waals surface area contributed by atoms with Gasteiger partial charge in [0.15, 0.2) is 0 Å². The van der Waals surface area contributed by atoms with Gasteiger partial charge in [0, 0.05) is 0 Å². The van der Waals surface area contributed by atoms with Gasteiger partial charge in [0.1, 0.15) is 0 Å². The molecule has 0 bridgehead atoms. The van der Waals surface area contributed by atoms with E-state index in [4.69, 9.17) is 5.73 Å². The van der Waals surface area contributed by atoms with Crippen molar-refractivity contribution in [2.45, 2.75) is 26.9 Å². The summed E-state index contributed by atoms with van der Waals surface area (Å²) in [5.41, 5.74) is 4.98. The predicted molar refractivity (Wildman–Crippen MR) is 65.9 cm³/mol. The van der Waals surface area contributed by atoms with Crippen molar-refractivity contribution in [2.24, 2.45) is 11.1 Å². The fraction of sp³-hybridized carbons (Fsp3) is 0.500. The van der Waals surface area contributed by atoms with Crippen molar-refractivity contribution in [3.8, 4) is 0 Å². The molecule has 0 aliphatic heterocycles. The Bertz CT molecular complexity index is 269. The molecule has 0 aromatic carbocycles. The molecule has 3 N–H and O–H groups in total. The first-order valence-electron chi connectivity index (χ1n) is 4.25. The molecule has 0 saturated heterocycles. The minimum Gasteiger partial charge on any atom is -0.388 e. The molecular formula is C10H16INO2. The maximum atomic E-state index is 11.1. The SMILES string of the molecule is C/C(=C/C=C\I)C(O)C(C)(C)C(N)=O. The van der Waals surface area contributed by atoms with Crippen LogP contribution in [0, 0.1) is 5.41 Å². The number of amides is 1. The number of aliphatic hydroxyl groups is 1. The summed E-state index contributed by atoms with van der Waals surface area (Å²) in [5.74, 6) is -0.504. The van der Waals surface area contributed by atoms with E-state index >= 15 is 0 Å². The fourth-order valence-electron chi connectivity index (χ4n) is 0.983. The molecule has 0 aromatic rings. The Morgan fingerprint density at radius 2 is 2.07 bits per heavy atom. The molecular weight excluding hydrogens is 293 g/mol. The lowest BCUT2D eigenvalue weighted by molar-refractivity contribution is -0.130. The zero-order chi connectivity index (χ0) is 11.4. The van der Waals surface area contributed by atoms with E-state index in [1.165, 1.54) is 0 Å². The Labute approximate surface area is 98.2 Å². The first kappa shape index (κ1) is 13.6. The smallest absolute Gasteiger partial charge is 0.226 e. The second-order valence-corrected chi connectivity index (χ2v) is 4.44. The average molecular weight is 309 g/mol. The topological polar surface area (TPSA) is 63.3 Å². The van der Waals surface area contributed by atoms with E-state index in [1.54, 1.807) is 32.9 Å². The second-order valence-electron chi connectivity index (χ2n) is 3.72. The van der Waals surface area contributed by atoms with Gasteiger partial charge in [0.2, 0.25) is 5.91 Å². The summed E-state index contributed by atoms with van der Waals surface area (Å²) in [5, 5.41) is 9.84. The third kappa shape index (κ3) is 3.42. The molecule has 14 heavy (non-hydrogen) atoms. The van der Waals surface area contributed by atoms with Gasteiger partial charge in [-0.05, 0) is 30.4 Å². The lowest BCUT2D eigenvalue weighted by Gasteiger charge is -2.27. The van der Waals surface area contributed by atoms with Gasteiger partial charge in [-0.25, -0.2) is 0 Å². The zero-order valence-corrected chi connectivity index (χ0v) is 10.8. The highest BCUT2D eigenvalue weighted by Crippen LogP contribution is 2.25. The number of carbonyl (C=O) groups is 1. The average Bonchev–Trinajstić information content (AvgIpc) is 2.12. The standard InChI is InChI=1S/C10H16INO2/c1-7(5-4-6-11)8(13)10(2,3)9(12)14/h4-6,8,13H,1-3H3,(H2,12,14)/b6-4-,7-5-. The lowest BCUT2D eigenvalue weighted by Crippen LogP contribution is -2.42. The molecule has 0 saturated carbocycles. The van der Waals surface area contributed by atoms with Crippen molar-refractivity contribution in [3.05, 3.63) is 21.8 Å². The van der Waals surface area contributed by atoms with E-state index in [0.29, 0.717) is 0 Å². The maximum absolute atomic E-state index is 11.1. The Morgan fingerprint density at radius 1 is 1.57 bits per heavy atom. The largest absolute Gasteiger partial charge is 0.388 e. The van der Waals surface area contributed by atoms with Gasteiger partial charge >= 0.3 is 0 Å². The molecule has 1 amide bonds. The van der Waals surface area contributed by atoms with Crippen molar-refractivity contribution in [1.29, 1.82) is 0 Å². The van der Waals surface area contributed by atoms with Crippen LogP contribution in [0.3, 0.4) is 0 Å². The maximum Gasteiger partial charge on any atom is 0.226 e. The van der Waals surface area contributed by atoms with E-state index in [9.17, 15) is 9.90 Å². The van der Waals surface area contributed by atoms with Gasteiger partial charge in [-0.3, -0.25) is 4.79 Å². The molecule has 3 nitrogen and oxygen atoms in total. The first-order valence-corrected chi connectivity index (χ1v) is 5.50. The molecule has 0 aliphatic rings. The Kier molecular flexibility index (Phi) is 5.36. The molecule has 0 aromatic heterocycles. The number of rotatable bonds is 4. The third-order valence-corrected chi connectivity index (χ3v) is 2.60. The summed E-state index contributed by atoms with van der Waals surface area (Å²) in [7, 11) is 0. The predicted octanol–water partition coefficient (Wildman–Crippen LogP) is 1.75. The monoisotopic (exact) mass is 309 g/mol. The van der Waals surface area contributed by atoms with Crippen molar-refractivity contribution in [2.75, 3.05) is 0 Å². The van der Waals surface area contributed by atoms with Crippen LogP contribution in [0.1, 0.15) is 20.8 Å². The van der Waals surface area contributed by atoms with Crippen LogP contribution in [0.15, 0.2) is 21.8 Å². The molecule has 0 heterocycles. The van der Waals surface area contributed by atoms with Gasteiger partial charge < -0.3 is 10.8 Å². The van der Waals surface area contributed by atoms with Crippen LogP contribution in [0.25, 0.3) is 0 Å². The molecule has 0 aliphatic carbocycles. The minimum atomic E-state index is -0.931. The summed E-state index contributed by atoms with van der Waals surface area (Å²) >= 11 is 2.08. The second kappa shape index (κ2) is 5.50. The highest BCUT2D eigenvalue weighted by atomic mass is 127. The zero-order valence-electron chi connectivity index (χ0n) is 8.62. The summed E-state index contributed by atoms with van der Waals surface area (Å²) < 4.78 is 1.82. The van der Waals surface area contributed by atoms with E-state index in [-0.39, 0.29) is 0 Å². The summed E-state index contributed by atoms with van der Waals surface area (Å²) in [6.07, 6.45) is 2.73. The van der Waals surface area contributed by atoms with Crippen LogP contribution in [-0.4, -0.2) is 17.1 Å². The van der Waals surface area contributed by atoms with Crippen LogP contribution in [-0.2, 0) is 4.79 Å². The van der Waals surface area contributed by atoms with E-state index in [2.05, 4.69) is 22.6 Å². The normalized spacial score (nSPS) is 15.9. The quantitative estimate of drug-likeness (QED) is 0.614. The number of allylic oxidation sites excluding steroid dienone is 2. The number of aliphatic hydroxyl groups excluding tert-OH is 1. The summed E-state index contributed by atoms with van der Waals surface area (Å²) in [6, 6.07) is 0. The van der Waals surface area contributed by atoms with Gasteiger partial charge in [-0.15, -0.1) is 0 Å². The number of hydrogen-bond acceptors (Lipinski definition) is 2. The molecule has 1 atom stereocenters. The van der Waals surface area contributed by atoms with Crippen molar-refractivity contribution < 1.29 is 9.90 Å². The lowest BCUT2D eigenvalue weighted by atomic mass is 9.82. The Balaban J connectivity index is 4.77. The van der Waals surface area contributed by atoms with Crippen molar-refractivity contribution in [1.82, 2.24) is 0 Å². The molecule has 0 fully saturated rings. The van der Waals surface area contributed by atoms with Crippen LogP contribution >= 0.6 is 22.6 Å². The van der Waals surface area contributed by atoms with Crippen LogP contribution in [0.2, 0.25) is 0 Å². The van der Waals surface area contributed by atoms with Crippen molar-refractivity contribution >= 4 is 28.5 Å². The van der Waals surface area contributed by atoms with E-state index in [0.717, 1.165) is 5.57 Å². The van der Waals surface area contributed by atoms with Crippen LogP contribution in [0.5, 0.6) is 0 Å². The first-order chi connectivity index (χ1) is 6.34.